The summed E-state index contributed by atoms with van der Waals surface area (Å²) in [5, 5.41) is 0. The molecule has 7 nitrogen and oxygen atoms in total. The normalized spacial score (nSPS) is 11.2. The molecule has 0 saturated carbocycles. The first-order valence-corrected chi connectivity index (χ1v) is 7.30. The minimum absolute atomic E-state index is 0.00570. The van der Waals surface area contributed by atoms with Crippen LogP contribution in [-0.4, -0.2) is 19.3 Å². The predicted molar refractivity (Wildman–Crippen MR) is 74.4 cm³/mol. The number of nitrogens with one attached hydrogen (secondary N) is 3. The van der Waals surface area contributed by atoms with Gasteiger partial charge in [0.15, 0.2) is 0 Å². The molecule has 0 aliphatic heterocycles. The number of benzene rings is 1. The number of rotatable bonds is 4. The zero-order valence-electron chi connectivity index (χ0n) is 11.0. The van der Waals surface area contributed by atoms with Gasteiger partial charge in [0, 0.05) is 6.20 Å². The van der Waals surface area contributed by atoms with Crippen molar-refractivity contribution in [2.45, 2.75) is 11.8 Å². The number of hydrogen-bond acceptors (Lipinski definition) is 4. The van der Waals surface area contributed by atoms with E-state index in [1.165, 1.54) is 12.1 Å². The molecule has 0 unspecified atom stereocenters. The van der Waals surface area contributed by atoms with Gasteiger partial charge in [-0.05, 0) is 30.7 Å². The molecule has 21 heavy (non-hydrogen) atoms. The molecule has 0 fully saturated rings. The number of halogens is 1. The second-order valence-corrected chi connectivity index (χ2v) is 5.97. The molecule has 0 bridgehead atoms. The number of hydrogen-bond donors (Lipinski definition) is 4. The van der Waals surface area contributed by atoms with Crippen molar-refractivity contribution in [2.24, 2.45) is 5.84 Å². The number of nitrogen functional groups attached to an aromatic ring is 1. The van der Waals surface area contributed by atoms with Crippen LogP contribution in [0.4, 0.5) is 10.1 Å². The SMILES string of the molecule is Cc1ccc(F)cc1NS(=O)(=O)c1c[nH]c(C(=O)NN)c1. The van der Waals surface area contributed by atoms with Crippen LogP contribution >= 0.6 is 0 Å². The molecule has 1 aromatic heterocycles. The number of amides is 1. The van der Waals surface area contributed by atoms with Crippen LogP contribution in [-0.2, 0) is 10.0 Å². The minimum Gasteiger partial charge on any atom is -0.356 e. The molecule has 0 radical (unpaired) electrons. The Morgan fingerprint density at radius 3 is 2.71 bits per heavy atom. The molecule has 0 spiro atoms. The zero-order chi connectivity index (χ0) is 15.6. The van der Waals surface area contributed by atoms with Crippen LogP contribution in [0.3, 0.4) is 0 Å². The smallest absolute Gasteiger partial charge is 0.281 e. The largest absolute Gasteiger partial charge is 0.356 e. The van der Waals surface area contributed by atoms with Crippen LogP contribution < -0.4 is 16.0 Å². The standard InChI is InChI=1S/C12H13FN4O3S/c1-7-2-3-8(13)4-10(7)17-21(19,20)9-5-11(15-6-9)12(18)16-14/h2-6,15,17H,14H2,1H3,(H,16,18). The molecule has 0 aliphatic rings. The monoisotopic (exact) mass is 312 g/mol. The maximum atomic E-state index is 13.2. The number of aryl methyl sites for hydroxylation is 1. The molecule has 0 atom stereocenters. The highest BCUT2D eigenvalue weighted by Crippen LogP contribution is 2.21. The Bertz CT molecular complexity index is 786. The van der Waals surface area contributed by atoms with Crippen molar-refractivity contribution in [1.82, 2.24) is 10.4 Å². The van der Waals surface area contributed by atoms with E-state index < -0.39 is 21.7 Å². The van der Waals surface area contributed by atoms with Crippen LogP contribution in [0.25, 0.3) is 0 Å². The van der Waals surface area contributed by atoms with Gasteiger partial charge in [0.2, 0.25) is 0 Å². The van der Waals surface area contributed by atoms with Gasteiger partial charge in [-0.2, -0.15) is 0 Å². The highest BCUT2D eigenvalue weighted by molar-refractivity contribution is 7.92. The van der Waals surface area contributed by atoms with Crippen molar-refractivity contribution in [3.8, 4) is 0 Å². The maximum Gasteiger partial charge on any atom is 0.281 e. The van der Waals surface area contributed by atoms with Crippen LogP contribution in [0, 0.1) is 12.7 Å². The molecule has 112 valence electrons. The second kappa shape index (κ2) is 5.54. The fourth-order valence-electron chi connectivity index (χ4n) is 1.65. The summed E-state index contributed by atoms with van der Waals surface area (Å²) in [5.41, 5.74) is 2.56. The molecular weight excluding hydrogens is 299 g/mol. The topological polar surface area (TPSA) is 117 Å². The number of nitrogens with two attached hydrogens (primary N) is 1. The lowest BCUT2D eigenvalue weighted by Crippen LogP contribution is -2.30. The molecule has 0 saturated heterocycles. The van der Waals surface area contributed by atoms with Gasteiger partial charge in [-0.1, -0.05) is 6.07 Å². The number of carbonyl (C=O) groups is 1. The van der Waals surface area contributed by atoms with E-state index in [0.717, 1.165) is 18.3 Å². The lowest BCUT2D eigenvalue weighted by molar-refractivity contribution is 0.0949. The number of carbonyl (C=O) groups excluding carboxylic acids is 1. The van der Waals surface area contributed by atoms with E-state index in [1.807, 2.05) is 5.43 Å². The summed E-state index contributed by atoms with van der Waals surface area (Å²) >= 11 is 0. The van der Waals surface area contributed by atoms with Gasteiger partial charge in [-0.15, -0.1) is 0 Å². The predicted octanol–water partition coefficient (Wildman–Crippen LogP) is 0.867. The van der Waals surface area contributed by atoms with Gasteiger partial charge in [-0.25, -0.2) is 18.7 Å². The molecule has 5 N–H and O–H groups in total. The number of aromatic nitrogens is 1. The second-order valence-electron chi connectivity index (χ2n) is 4.29. The molecule has 0 aliphatic carbocycles. The molecule has 2 rings (SSSR count). The Labute approximate surface area is 120 Å². The molecular formula is C12H13FN4O3S. The molecule has 1 aromatic carbocycles. The first-order valence-electron chi connectivity index (χ1n) is 5.82. The van der Waals surface area contributed by atoms with Crippen LogP contribution in [0.1, 0.15) is 16.1 Å². The van der Waals surface area contributed by atoms with Gasteiger partial charge in [-0.3, -0.25) is 14.9 Å². The average molecular weight is 312 g/mol. The molecule has 9 heteroatoms. The van der Waals surface area contributed by atoms with E-state index in [1.54, 1.807) is 6.92 Å². The summed E-state index contributed by atoms with van der Waals surface area (Å²) in [6.45, 7) is 1.64. The lowest BCUT2D eigenvalue weighted by Gasteiger charge is -2.09. The van der Waals surface area contributed by atoms with Crippen LogP contribution in [0.15, 0.2) is 35.4 Å². The Morgan fingerprint density at radius 2 is 2.05 bits per heavy atom. The number of H-pyrrole nitrogens is 1. The van der Waals surface area contributed by atoms with Crippen molar-refractivity contribution in [3.05, 3.63) is 47.5 Å². The molecule has 2 aromatic rings. The molecule has 1 heterocycles. The third-order valence-electron chi connectivity index (χ3n) is 2.79. The van der Waals surface area contributed by atoms with E-state index in [2.05, 4.69) is 9.71 Å². The van der Waals surface area contributed by atoms with Gasteiger partial charge in [0.05, 0.1) is 5.69 Å². The summed E-state index contributed by atoms with van der Waals surface area (Å²) in [6.07, 6.45) is 1.14. The van der Waals surface area contributed by atoms with Crippen molar-refractivity contribution >= 4 is 21.6 Å². The third kappa shape index (κ3) is 3.20. The Hall–Kier alpha value is -2.39. The van der Waals surface area contributed by atoms with Gasteiger partial charge in [0.1, 0.15) is 16.4 Å². The summed E-state index contributed by atoms with van der Waals surface area (Å²) < 4.78 is 39.8. The van der Waals surface area contributed by atoms with E-state index in [4.69, 9.17) is 5.84 Å². The fourth-order valence-corrected chi connectivity index (χ4v) is 2.76. The third-order valence-corrected chi connectivity index (χ3v) is 4.13. The molecule has 1 amide bonds. The summed E-state index contributed by atoms with van der Waals surface area (Å²) in [4.78, 5) is 13.6. The van der Waals surface area contributed by atoms with Gasteiger partial charge in [0.25, 0.3) is 15.9 Å². The highest BCUT2D eigenvalue weighted by Gasteiger charge is 2.19. The van der Waals surface area contributed by atoms with Crippen molar-refractivity contribution in [1.29, 1.82) is 0 Å². The fraction of sp³-hybridized carbons (Fsp3) is 0.0833. The van der Waals surface area contributed by atoms with Crippen LogP contribution in [0.5, 0.6) is 0 Å². The first-order chi connectivity index (χ1) is 9.83. The lowest BCUT2D eigenvalue weighted by atomic mass is 10.2. The number of anilines is 1. The number of sulfonamides is 1. The van der Waals surface area contributed by atoms with Crippen molar-refractivity contribution in [3.63, 3.8) is 0 Å². The Morgan fingerprint density at radius 1 is 1.33 bits per heavy atom. The Balaban J connectivity index is 2.32. The van der Waals surface area contributed by atoms with E-state index in [-0.39, 0.29) is 16.3 Å². The summed E-state index contributed by atoms with van der Waals surface area (Å²) in [6, 6.07) is 4.89. The maximum absolute atomic E-state index is 13.2. The van der Waals surface area contributed by atoms with Crippen LogP contribution in [0.2, 0.25) is 0 Å². The van der Waals surface area contributed by atoms with Crippen molar-refractivity contribution < 1.29 is 17.6 Å². The average Bonchev–Trinajstić information content (AvgIpc) is 2.92. The van der Waals surface area contributed by atoms with Gasteiger partial charge < -0.3 is 4.98 Å². The summed E-state index contributed by atoms with van der Waals surface area (Å²) in [5.74, 6) is 3.74. The minimum atomic E-state index is -3.94. The summed E-state index contributed by atoms with van der Waals surface area (Å²) in [7, 11) is -3.94. The Kier molecular flexibility index (Phi) is 3.96. The van der Waals surface area contributed by atoms with E-state index >= 15 is 0 Å². The van der Waals surface area contributed by atoms with Crippen molar-refractivity contribution in [2.75, 3.05) is 4.72 Å². The number of hydrazine groups is 1. The first kappa shape index (κ1) is 15.0. The van der Waals surface area contributed by atoms with E-state index in [9.17, 15) is 17.6 Å². The van der Waals surface area contributed by atoms with Gasteiger partial charge >= 0.3 is 0 Å². The highest BCUT2D eigenvalue weighted by atomic mass is 32.2. The van der Waals surface area contributed by atoms with E-state index in [0.29, 0.717) is 5.56 Å². The zero-order valence-corrected chi connectivity index (χ0v) is 11.8. The quantitative estimate of drug-likeness (QED) is 0.380. The number of aromatic amines is 1.